The van der Waals surface area contributed by atoms with Crippen molar-refractivity contribution >= 4 is 17.7 Å². The van der Waals surface area contributed by atoms with Crippen molar-refractivity contribution in [3.8, 4) is 0 Å². The highest BCUT2D eigenvalue weighted by Gasteiger charge is 2.22. The molecule has 6 heteroatoms. The molecule has 1 unspecified atom stereocenters. The first-order chi connectivity index (χ1) is 5.99. The third-order valence-electron chi connectivity index (χ3n) is 1.27. The van der Waals surface area contributed by atoms with Crippen molar-refractivity contribution in [3.63, 3.8) is 0 Å². The molecule has 0 aliphatic heterocycles. The van der Waals surface area contributed by atoms with E-state index in [2.05, 4.69) is 0 Å². The number of carbonyl (C=O) groups excluding carboxylic acids is 1. The Labute approximate surface area is 73.7 Å². The Kier molecular flexibility index (Phi) is 4.39. The largest absolute Gasteiger partial charge is 0.481 e. The Morgan fingerprint density at radius 2 is 1.77 bits per heavy atom. The van der Waals surface area contributed by atoms with Gasteiger partial charge in [-0.25, -0.2) is 4.79 Å². The van der Waals surface area contributed by atoms with Crippen LogP contribution in [0.4, 0.5) is 0 Å². The van der Waals surface area contributed by atoms with Gasteiger partial charge in [0, 0.05) is 12.6 Å². The van der Waals surface area contributed by atoms with Gasteiger partial charge in [0.05, 0.1) is 0 Å². The molecule has 1 atom stereocenters. The second-order valence-corrected chi connectivity index (χ2v) is 2.20. The fourth-order valence-electron chi connectivity index (χ4n) is 0.608. The molecule has 0 fully saturated rings. The van der Waals surface area contributed by atoms with Gasteiger partial charge in [-0.3, -0.25) is 9.59 Å². The van der Waals surface area contributed by atoms with Crippen LogP contribution in [0.5, 0.6) is 0 Å². The average molecular weight is 187 g/mol. The lowest BCUT2D eigenvalue weighted by atomic mass is 10.0. The second-order valence-electron chi connectivity index (χ2n) is 2.20. The lowest BCUT2D eigenvalue weighted by molar-refractivity contribution is -0.144. The van der Waals surface area contributed by atoms with Crippen LogP contribution in [0, 0.1) is 5.92 Å². The molecule has 0 saturated heterocycles. The van der Waals surface area contributed by atoms with E-state index in [1.54, 1.807) is 0 Å². The van der Waals surface area contributed by atoms with Crippen LogP contribution in [0.3, 0.4) is 0 Å². The van der Waals surface area contributed by atoms with Crippen LogP contribution in [-0.2, 0) is 14.4 Å². The summed E-state index contributed by atoms with van der Waals surface area (Å²) in [6.07, 6.45) is 1.27. The molecule has 0 heterocycles. The highest BCUT2D eigenvalue weighted by Crippen LogP contribution is 1.97. The lowest BCUT2D eigenvalue weighted by Gasteiger charge is -2.03. The van der Waals surface area contributed by atoms with Gasteiger partial charge in [-0.15, -0.1) is 0 Å². The summed E-state index contributed by atoms with van der Waals surface area (Å²) < 4.78 is 0. The summed E-state index contributed by atoms with van der Waals surface area (Å²) in [7, 11) is 0. The van der Waals surface area contributed by atoms with Gasteiger partial charge in [0.2, 0.25) is 0 Å². The molecule has 72 valence electrons. The summed E-state index contributed by atoms with van der Waals surface area (Å²) >= 11 is 0. The van der Waals surface area contributed by atoms with Gasteiger partial charge in [0.15, 0.2) is 5.78 Å². The third-order valence-corrected chi connectivity index (χ3v) is 1.27. The summed E-state index contributed by atoms with van der Waals surface area (Å²) in [6, 6.07) is 0. The van der Waals surface area contributed by atoms with Gasteiger partial charge < -0.3 is 15.9 Å². The number of aliphatic carboxylic acids is 2. The summed E-state index contributed by atoms with van der Waals surface area (Å²) in [6.45, 7) is -0.349. The Morgan fingerprint density at radius 1 is 1.23 bits per heavy atom. The number of hydrogen-bond donors (Lipinski definition) is 3. The van der Waals surface area contributed by atoms with Gasteiger partial charge in [0.25, 0.3) is 0 Å². The van der Waals surface area contributed by atoms with Gasteiger partial charge in [0.1, 0.15) is 5.92 Å². The number of nitrogens with two attached hydrogens (primary N) is 1. The normalized spacial score (nSPS) is 12.7. The van der Waals surface area contributed by atoms with E-state index in [1.165, 1.54) is 0 Å². The first kappa shape index (κ1) is 11.3. The maximum absolute atomic E-state index is 10.9. The van der Waals surface area contributed by atoms with E-state index < -0.39 is 23.6 Å². The van der Waals surface area contributed by atoms with Gasteiger partial charge >= 0.3 is 11.9 Å². The Morgan fingerprint density at radius 3 is 2.08 bits per heavy atom. The van der Waals surface area contributed by atoms with Gasteiger partial charge in [-0.05, 0) is 6.08 Å². The molecule has 0 rings (SSSR count). The van der Waals surface area contributed by atoms with Crippen molar-refractivity contribution in [1.82, 2.24) is 0 Å². The van der Waals surface area contributed by atoms with E-state index >= 15 is 0 Å². The molecule has 0 amide bonds. The fourth-order valence-corrected chi connectivity index (χ4v) is 0.608. The van der Waals surface area contributed by atoms with Crippen LogP contribution in [-0.4, -0.2) is 34.5 Å². The molecule has 0 aliphatic carbocycles. The molecule has 0 aromatic rings. The molecular formula is C7H9NO5. The summed E-state index contributed by atoms with van der Waals surface area (Å²) in [5.41, 5.74) is 5.00. The topological polar surface area (TPSA) is 118 Å². The fraction of sp³-hybridized carbons (Fsp3) is 0.286. The molecule has 13 heavy (non-hydrogen) atoms. The van der Waals surface area contributed by atoms with E-state index in [9.17, 15) is 14.4 Å². The van der Waals surface area contributed by atoms with Crippen LogP contribution in [0.1, 0.15) is 0 Å². The predicted octanol–water partition coefficient (Wildman–Crippen LogP) is -1.14. The Hall–Kier alpha value is -1.69. The summed E-state index contributed by atoms with van der Waals surface area (Å²) in [5, 5.41) is 16.6. The summed E-state index contributed by atoms with van der Waals surface area (Å²) in [4.78, 5) is 31.2. The zero-order chi connectivity index (χ0) is 10.4. The smallest absolute Gasteiger partial charge is 0.328 e. The number of carboxylic acids is 2. The minimum absolute atomic E-state index is 0.349. The van der Waals surface area contributed by atoms with Crippen LogP contribution in [0.25, 0.3) is 0 Å². The van der Waals surface area contributed by atoms with E-state index in [-0.39, 0.29) is 6.54 Å². The molecule has 0 aromatic heterocycles. The van der Waals surface area contributed by atoms with E-state index in [0.717, 1.165) is 0 Å². The highest BCUT2D eigenvalue weighted by atomic mass is 16.4. The standard InChI is InChI=1S/C7H9NO5/c8-3-4(7(12)13)5(9)1-2-6(10)11/h1-2,4H,3,8H2,(H,10,11)(H,12,13)/b2-1-. The Bertz CT molecular complexity index is 258. The molecule has 0 aliphatic rings. The lowest BCUT2D eigenvalue weighted by Crippen LogP contribution is -2.30. The molecule has 4 N–H and O–H groups in total. The van der Waals surface area contributed by atoms with Crippen molar-refractivity contribution in [2.75, 3.05) is 6.54 Å². The van der Waals surface area contributed by atoms with Crippen molar-refractivity contribution in [2.24, 2.45) is 11.7 Å². The van der Waals surface area contributed by atoms with Crippen molar-refractivity contribution in [2.45, 2.75) is 0 Å². The van der Waals surface area contributed by atoms with Crippen molar-refractivity contribution in [3.05, 3.63) is 12.2 Å². The number of hydrogen-bond acceptors (Lipinski definition) is 4. The number of rotatable bonds is 5. The highest BCUT2D eigenvalue weighted by molar-refractivity contribution is 6.06. The van der Waals surface area contributed by atoms with Crippen molar-refractivity contribution in [1.29, 1.82) is 0 Å². The maximum Gasteiger partial charge on any atom is 0.328 e. The first-order valence-electron chi connectivity index (χ1n) is 3.36. The molecule has 6 nitrogen and oxygen atoms in total. The van der Waals surface area contributed by atoms with Crippen LogP contribution < -0.4 is 5.73 Å². The third kappa shape index (κ3) is 4.02. The summed E-state index contributed by atoms with van der Waals surface area (Å²) in [5.74, 6) is -4.86. The maximum atomic E-state index is 10.9. The minimum Gasteiger partial charge on any atom is -0.481 e. The number of allylic oxidation sites excluding steroid dienone is 1. The first-order valence-corrected chi connectivity index (χ1v) is 3.36. The quantitative estimate of drug-likeness (QED) is 0.369. The Balaban J connectivity index is 4.39. The zero-order valence-electron chi connectivity index (χ0n) is 6.64. The van der Waals surface area contributed by atoms with E-state index in [1.807, 2.05) is 0 Å². The van der Waals surface area contributed by atoms with Gasteiger partial charge in [-0.2, -0.15) is 0 Å². The van der Waals surface area contributed by atoms with Crippen LogP contribution in [0.2, 0.25) is 0 Å². The number of carboxylic acid groups (broad SMARTS) is 2. The molecule has 0 bridgehead atoms. The van der Waals surface area contributed by atoms with Crippen LogP contribution in [0.15, 0.2) is 12.2 Å². The SMILES string of the molecule is NCC(C(=O)O)C(=O)/C=C\C(=O)O. The molecule has 0 aromatic carbocycles. The molecule has 0 radical (unpaired) electrons. The van der Waals surface area contributed by atoms with Crippen molar-refractivity contribution < 1.29 is 24.6 Å². The monoisotopic (exact) mass is 187 g/mol. The van der Waals surface area contributed by atoms with E-state index in [0.29, 0.717) is 12.2 Å². The molecular weight excluding hydrogens is 178 g/mol. The zero-order valence-corrected chi connectivity index (χ0v) is 6.64. The second kappa shape index (κ2) is 5.04. The predicted molar refractivity (Wildman–Crippen MR) is 42.0 cm³/mol. The average Bonchev–Trinajstić information content (AvgIpc) is 2.01. The number of carbonyl (C=O) groups is 3. The van der Waals surface area contributed by atoms with Gasteiger partial charge in [-0.1, -0.05) is 0 Å². The molecule has 0 spiro atoms. The number of ketones is 1. The molecule has 0 saturated carbocycles. The minimum atomic E-state index is -1.37. The van der Waals surface area contributed by atoms with Crippen LogP contribution >= 0.6 is 0 Å². The van der Waals surface area contributed by atoms with E-state index in [4.69, 9.17) is 15.9 Å².